The summed E-state index contributed by atoms with van der Waals surface area (Å²) < 4.78 is 5.80. The van der Waals surface area contributed by atoms with Gasteiger partial charge in [0.05, 0.1) is 22.3 Å². The molecule has 0 aromatic carbocycles. The molecule has 1 unspecified atom stereocenters. The van der Waals surface area contributed by atoms with Crippen LogP contribution in [0.5, 0.6) is 0 Å². The van der Waals surface area contributed by atoms with Crippen LogP contribution in [-0.2, 0) is 4.74 Å². The fraction of sp³-hybridized carbons (Fsp3) is 0.571. The molecule has 0 spiro atoms. The topological polar surface area (TPSA) is 54.5 Å². The van der Waals surface area contributed by atoms with Gasteiger partial charge in [0.25, 0.3) is 5.91 Å². The second-order valence-electron chi connectivity index (χ2n) is 5.68. The molecule has 2 heterocycles. The summed E-state index contributed by atoms with van der Waals surface area (Å²) in [5.74, 6) is 0.504. The molecule has 1 saturated heterocycles. The van der Waals surface area contributed by atoms with E-state index in [1.807, 2.05) is 20.8 Å². The molecule has 5 nitrogen and oxygen atoms in total. The summed E-state index contributed by atoms with van der Waals surface area (Å²) in [7, 11) is 1.74. The van der Waals surface area contributed by atoms with E-state index in [1.54, 1.807) is 24.2 Å². The van der Waals surface area contributed by atoms with Crippen molar-refractivity contribution in [2.75, 3.05) is 25.5 Å². The van der Waals surface area contributed by atoms with E-state index in [0.717, 1.165) is 0 Å². The van der Waals surface area contributed by atoms with Crippen LogP contribution in [-0.4, -0.2) is 47.6 Å². The molecule has 6 heteroatoms. The zero-order chi connectivity index (χ0) is 14.9. The van der Waals surface area contributed by atoms with Gasteiger partial charge < -0.3 is 15.0 Å². The first kappa shape index (κ1) is 15.1. The van der Waals surface area contributed by atoms with Gasteiger partial charge in [0, 0.05) is 26.3 Å². The van der Waals surface area contributed by atoms with Gasteiger partial charge in [0.15, 0.2) is 0 Å². The Kier molecular flexibility index (Phi) is 4.20. The lowest BCUT2D eigenvalue weighted by atomic mass is 10.0. The van der Waals surface area contributed by atoms with Crippen molar-refractivity contribution in [3.8, 4) is 0 Å². The zero-order valence-electron chi connectivity index (χ0n) is 12.2. The van der Waals surface area contributed by atoms with E-state index in [4.69, 9.17) is 16.3 Å². The van der Waals surface area contributed by atoms with E-state index in [0.29, 0.717) is 29.5 Å². The van der Waals surface area contributed by atoms with Crippen LogP contribution in [0.2, 0.25) is 5.02 Å². The molecule has 1 fully saturated rings. The van der Waals surface area contributed by atoms with Crippen LogP contribution in [0.15, 0.2) is 12.3 Å². The van der Waals surface area contributed by atoms with Crippen LogP contribution in [0.25, 0.3) is 0 Å². The van der Waals surface area contributed by atoms with E-state index in [9.17, 15) is 4.79 Å². The van der Waals surface area contributed by atoms with Gasteiger partial charge in [0.1, 0.15) is 5.82 Å². The molecule has 20 heavy (non-hydrogen) atoms. The third-order valence-electron chi connectivity index (χ3n) is 3.18. The van der Waals surface area contributed by atoms with E-state index < -0.39 is 0 Å². The number of aromatic nitrogens is 1. The molecule has 2 rings (SSSR count). The number of hydrogen-bond acceptors (Lipinski definition) is 4. The van der Waals surface area contributed by atoms with E-state index in [-0.39, 0.29) is 17.6 Å². The fourth-order valence-electron chi connectivity index (χ4n) is 2.53. The summed E-state index contributed by atoms with van der Waals surface area (Å²) in [6.07, 6.45) is 1.57. The molecular weight excluding hydrogens is 278 g/mol. The van der Waals surface area contributed by atoms with E-state index in [2.05, 4.69) is 10.3 Å². The highest BCUT2D eigenvalue weighted by atomic mass is 35.5. The largest absolute Gasteiger partial charge is 0.372 e. The molecular formula is C14H20ClN3O2. The smallest absolute Gasteiger partial charge is 0.255 e. The van der Waals surface area contributed by atoms with Gasteiger partial charge >= 0.3 is 0 Å². The minimum Gasteiger partial charge on any atom is -0.372 e. The van der Waals surface area contributed by atoms with Gasteiger partial charge in [0.2, 0.25) is 0 Å². The molecule has 1 aliphatic rings. The number of pyridine rings is 1. The molecule has 1 aliphatic heterocycles. The highest BCUT2D eigenvalue weighted by molar-refractivity contribution is 6.33. The highest BCUT2D eigenvalue weighted by Crippen LogP contribution is 2.24. The van der Waals surface area contributed by atoms with Gasteiger partial charge in [-0.25, -0.2) is 4.98 Å². The third kappa shape index (κ3) is 3.22. The molecule has 1 N–H and O–H groups in total. The van der Waals surface area contributed by atoms with Gasteiger partial charge in [-0.3, -0.25) is 4.79 Å². The summed E-state index contributed by atoms with van der Waals surface area (Å²) in [4.78, 5) is 18.5. The number of anilines is 1. The average molecular weight is 298 g/mol. The van der Waals surface area contributed by atoms with Crippen LogP contribution in [0.3, 0.4) is 0 Å². The molecule has 1 atom stereocenters. The predicted octanol–water partition coefficient (Wildman–Crippen LogP) is 2.42. The molecule has 0 bridgehead atoms. The minimum atomic E-state index is -0.338. The number of hydrogen-bond donors (Lipinski definition) is 1. The van der Waals surface area contributed by atoms with Gasteiger partial charge in [-0.05, 0) is 26.8 Å². The van der Waals surface area contributed by atoms with Crippen molar-refractivity contribution in [3.63, 3.8) is 0 Å². The number of rotatable bonds is 2. The van der Waals surface area contributed by atoms with E-state index in [1.165, 1.54) is 0 Å². The standard InChI is InChI=1S/C14H20ClN3O2/c1-9-7-18(8-14(2,3)20-9)13(19)10-5-11(15)12(16-4)17-6-10/h5-6,9H,7-8H2,1-4H3,(H,16,17). The molecule has 1 aromatic heterocycles. The number of nitrogens with one attached hydrogen (secondary N) is 1. The molecule has 1 aromatic rings. The van der Waals surface area contributed by atoms with Crippen molar-refractivity contribution in [3.05, 3.63) is 22.8 Å². The second-order valence-corrected chi connectivity index (χ2v) is 6.09. The summed E-state index contributed by atoms with van der Waals surface area (Å²) in [5.41, 5.74) is 0.161. The molecule has 110 valence electrons. The Morgan fingerprint density at radius 2 is 2.30 bits per heavy atom. The monoisotopic (exact) mass is 297 g/mol. The van der Waals surface area contributed by atoms with Crippen molar-refractivity contribution in [2.24, 2.45) is 0 Å². The summed E-state index contributed by atoms with van der Waals surface area (Å²) in [6, 6.07) is 1.65. The lowest BCUT2D eigenvalue weighted by molar-refractivity contribution is -0.118. The summed E-state index contributed by atoms with van der Waals surface area (Å²) in [6.45, 7) is 7.07. The van der Waals surface area contributed by atoms with Crippen LogP contribution in [0.4, 0.5) is 5.82 Å². The Morgan fingerprint density at radius 1 is 1.60 bits per heavy atom. The summed E-state index contributed by atoms with van der Waals surface area (Å²) >= 11 is 6.08. The SMILES string of the molecule is CNc1ncc(C(=O)N2CC(C)OC(C)(C)C2)cc1Cl. The Morgan fingerprint density at radius 3 is 2.85 bits per heavy atom. The molecule has 0 saturated carbocycles. The first-order valence-corrected chi connectivity index (χ1v) is 7.00. The number of morpholine rings is 1. The third-order valence-corrected chi connectivity index (χ3v) is 3.47. The van der Waals surface area contributed by atoms with Crippen molar-refractivity contribution in [1.29, 1.82) is 0 Å². The van der Waals surface area contributed by atoms with Crippen molar-refractivity contribution in [2.45, 2.75) is 32.5 Å². The maximum absolute atomic E-state index is 12.5. The maximum atomic E-state index is 12.5. The fourth-order valence-corrected chi connectivity index (χ4v) is 2.79. The Bertz CT molecular complexity index is 519. The van der Waals surface area contributed by atoms with Crippen LogP contribution in [0.1, 0.15) is 31.1 Å². The van der Waals surface area contributed by atoms with Gasteiger partial charge in [-0.15, -0.1) is 0 Å². The quantitative estimate of drug-likeness (QED) is 0.911. The maximum Gasteiger partial charge on any atom is 0.255 e. The number of nitrogens with zero attached hydrogens (tertiary/aromatic N) is 2. The van der Waals surface area contributed by atoms with Crippen molar-refractivity contribution < 1.29 is 9.53 Å². The van der Waals surface area contributed by atoms with Gasteiger partial charge in [-0.1, -0.05) is 11.6 Å². The lowest BCUT2D eigenvalue weighted by Gasteiger charge is -2.41. The number of carbonyl (C=O) groups is 1. The number of amides is 1. The average Bonchev–Trinajstić information content (AvgIpc) is 2.35. The molecule has 1 amide bonds. The van der Waals surface area contributed by atoms with Crippen LogP contribution < -0.4 is 5.32 Å². The first-order valence-electron chi connectivity index (χ1n) is 6.63. The lowest BCUT2D eigenvalue weighted by Crippen LogP contribution is -2.53. The van der Waals surface area contributed by atoms with Crippen LogP contribution in [0, 0.1) is 0 Å². The highest BCUT2D eigenvalue weighted by Gasteiger charge is 2.34. The van der Waals surface area contributed by atoms with Crippen molar-refractivity contribution in [1.82, 2.24) is 9.88 Å². The van der Waals surface area contributed by atoms with E-state index >= 15 is 0 Å². The van der Waals surface area contributed by atoms with Gasteiger partial charge in [-0.2, -0.15) is 0 Å². The number of carbonyl (C=O) groups excluding carboxylic acids is 1. The summed E-state index contributed by atoms with van der Waals surface area (Å²) in [5, 5.41) is 3.32. The minimum absolute atomic E-state index is 0.0164. The second kappa shape index (κ2) is 5.58. The van der Waals surface area contributed by atoms with Crippen molar-refractivity contribution >= 4 is 23.3 Å². The number of halogens is 1. The Labute approximate surface area is 124 Å². The zero-order valence-corrected chi connectivity index (χ0v) is 13.0. The Hall–Kier alpha value is -1.33. The Balaban J connectivity index is 2.20. The molecule has 0 radical (unpaired) electrons. The first-order chi connectivity index (χ1) is 9.32. The molecule has 0 aliphatic carbocycles. The normalized spacial score (nSPS) is 21.6. The number of ether oxygens (including phenoxy) is 1. The van der Waals surface area contributed by atoms with Crippen LogP contribution >= 0.6 is 11.6 Å². The predicted molar refractivity (Wildman–Crippen MR) is 79.3 cm³/mol.